The molecule has 0 aromatic carbocycles. The molecule has 0 spiro atoms. The zero-order valence-corrected chi connectivity index (χ0v) is 8.90. The van der Waals surface area contributed by atoms with E-state index in [0.717, 1.165) is 9.80 Å². The van der Waals surface area contributed by atoms with Gasteiger partial charge in [-0.3, -0.25) is 0 Å². The Kier molecular flexibility index (Phi) is 4.03. The van der Waals surface area contributed by atoms with Gasteiger partial charge in [0, 0.05) is 13.6 Å². The number of amides is 2. The Morgan fingerprint density at radius 3 is 2.69 bits per heavy atom. The minimum atomic E-state index is -2.61. The summed E-state index contributed by atoms with van der Waals surface area (Å²) in [6, 6.07) is -1.53. The summed E-state index contributed by atoms with van der Waals surface area (Å²) in [5.41, 5.74) is 0. The fourth-order valence-corrected chi connectivity index (χ4v) is 1.76. The van der Waals surface area contributed by atoms with Crippen LogP contribution in [0, 0.1) is 0 Å². The predicted octanol–water partition coefficient (Wildman–Crippen LogP) is 0.852. The van der Waals surface area contributed by atoms with E-state index in [1.807, 2.05) is 0 Å². The standard InChI is InChI=1S/C9H14F2N2O3/c1-12(5-7(10)11)9(16)13-4-2-3-6(13)8(14)15/h6-7H,2-5H2,1H3,(H,14,15)/t6-/m1/s1. The van der Waals surface area contributed by atoms with Gasteiger partial charge in [0.05, 0.1) is 6.54 Å². The third-order valence-corrected chi connectivity index (χ3v) is 2.52. The van der Waals surface area contributed by atoms with Crippen molar-refractivity contribution >= 4 is 12.0 Å². The minimum Gasteiger partial charge on any atom is -0.480 e. The number of halogens is 2. The van der Waals surface area contributed by atoms with Crippen molar-refractivity contribution in [2.24, 2.45) is 0 Å². The van der Waals surface area contributed by atoms with Crippen molar-refractivity contribution in [3.05, 3.63) is 0 Å². The normalized spacial score (nSPS) is 20.2. The van der Waals surface area contributed by atoms with Crippen molar-refractivity contribution in [1.82, 2.24) is 9.80 Å². The first-order valence-corrected chi connectivity index (χ1v) is 4.96. The summed E-state index contributed by atoms with van der Waals surface area (Å²) in [6.45, 7) is -0.370. The maximum Gasteiger partial charge on any atom is 0.326 e. The lowest BCUT2D eigenvalue weighted by Gasteiger charge is -2.27. The van der Waals surface area contributed by atoms with Crippen LogP contribution in [-0.4, -0.2) is 59.5 Å². The quantitative estimate of drug-likeness (QED) is 0.790. The number of aliphatic carboxylic acids is 1. The first-order valence-electron chi connectivity index (χ1n) is 4.96. The molecule has 0 aromatic heterocycles. The fourth-order valence-electron chi connectivity index (χ4n) is 1.76. The highest BCUT2D eigenvalue weighted by Gasteiger charge is 2.35. The molecule has 1 aliphatic heterocycles. The Labute approximate surface area is 91.6 Å². The van der Waals surface area contributed by atoms with Crippen molar-refractivity contribution in [2.75, 3.05) is 20.1 Å². The van der Waals surface area contributed by atoms with Crippen LogP contribution in [0.15, 0.2) is 0 Å². The largest absolute Gasteiger partial charge is 0.480 e. The van der Waals surface area contributed by atoms with Crippen molar-refractivity contribution in [2.45, 2.75) is 25.3 Å². The van der Waals surface area contributed by atoms with Crippen LogP contribution in [0.5, 0.6) is 0 Å². The number of alkyl halides is 2. The summed E-state index contributed by atoms with van der Waals surface area (Å²) in [7, 11) is 1.24. The Hall–Kier alpha value is -1.40. The second kappa shape index (κ2) is 5.09. The van der Waals surface area contributed by atoms with E-state index in [1.54, 1.807) is 0 Å². The van der Waals surface area contributed by atoms with Crippen molar-refractivity contribution in [3.63, 3.8) is 0 Å². The number of carbonyl (C=O) groups is 2. The molecule has 0 saturated carbocycles. The molecule has 1 rings (SSSR count). The van der Waals surface area contributed by atoms with Gasteiger partial charge >= 0.3 is 12.0 Å². The first-order chi connectivity index (χ1) is 7.43. The first kappa shape index (κ1) is 12.7. The number of urea groups is 1. The van der Waals surface area contributed by atoms with E-state index in [4.69, 9.17) is 5.11 Å². The van der Waals surface area contributed by atoms with Crippen molar-refractivity contribution in [3.8, 4) is 0 Å². The number of carboxylic acids is 1. The summed E-state index contributed by atoms with van der Waals surface area (Å²) in [4.78, 5) is 24.4. The lowest BCUT2D eigenvalue weighted by atomic mass is 10.2. The molecule has 16 heavy (non-hydrogen) atoms. The second-order valence-electron chi connectivity index (χ2n) is 3.74. The van der Waals surface area contributed by atoms with Crippen molar-refractivity contribution < 1.29 is 23.5 Å². The Balaban J connectivity index is 2.62. The van der Waals surface area contributed by atoms with Gasteiger partial charge in [-0.2, -0.15) is 0 Å². The van der Waals surface area contributed by atoms with Crippen LogP contribution in [0.1, 0.15) is 12.8 Å². The number of nitrogens with zero attached hydrogens (tertiary/aromatic N) is 2. The molecule has 1 aliphatic rings. The molecule has 0 radical (unpaired) electrons. The number of rotatable bonds is 3. The van der Waals surface area contributed by atoms with E-state index in [9.17, 15) is 18.4 Å². The van der Waals surface area contributed by atoms with E-state index in [2.05, 4.69) is 0 Å². The van der Waals surface area contributed by atoms with Crippen LogP contribution in [-0.2, 0) is 4.79 Å². The molecule has 0 bridgehead atoms. The monoisotopic (exact) mass is 236 g/mol. The number of hydrogen-bond acceptors (Lipinski definition) is 2. The summed E-state index contributed by atoms with van der Waals surface area (Å²) in [5.74, 6) is -1.09. The molecule has 0 aromatic rings. The highest BCUT2D eigenvalue weighted by atomic mass is 19.3. The molecule has 0 unspecified atom stereocenters. The van der Waals surface area contributed by atoms with E-state index in [-0.39, 0.29) is 0 Å². The predicted molar refractivity (Wildman–Crippen MR) is 51.4 cm³/mol. The third-order valence-electron chi connectivity index (χ3n) is 2.52. The van der Waals surface area contributed by atoms with Crippen LogP contribution < -0.4 is 0 Å². The van der Waals surface area contributed by atoms with Crippen LogP contribution >= 0.6 is 0 Å². The molecule has 7 heteroatoms. The van der Waals surface area contributed by atoms with Crippen LogP contribution in [0.3, 0.4) is 0 Å². The summed E-state index contributed by atoms with van der Waals surface area (Å²) in [5, 5.41) is 8.84. The fraction of sp³-hybridized carbons (Fsp3) is 0.778. The molecule has 2 amide bonds. The van der Waals surface area contributed by atoms with E-state index >= 15 is 0 Å². The number of hydrogen-bond donors (Lipinski definition) is 1. The average Bonchev–Trinajstić information content (AvgIpc) is 2.63. The maximum absolute atomic E-state index is 12.1. The van der Waals surface area contributed by atoms with E-state index in [0.29, 0.717) is 19.4 Å². The Morgan fingerprint density at radius 1 is 1.56 bits per heavy atom. The molecule has 1 heterocycles. The van der Waals surface area contributed by atoms with Gasteiger partial charge in [-0.1, -0.05) is 0 Å². The van der Waals surface area contributed by atoms with E-state index < -0.39 is 31.0 Å². The lowest BCUT2D eigenvalue weighted by Crippen LogP contribution is -2.47. The number of likely N-dealkylation sites (tertiary alicyclic amines) is 1. The molecule has 0 aliphatic carbocycles. The maximum atomic E-state index is 12.1. The summed E-state index contributed by atoms with van der Waals surface area (Å²) >= 11 is 0. The Bertz CT molecular complexity index is 286. The Morgan fingerprint density at radius 2 is 2.19 bits per heavy atom. The molecule has 1 saturated heterocycles. The molecular formula is C9H14F2N2O3. The molecule has 1 fully saturated rings. The van der Waals surface area contributed by atoms with Crippen LogP contribution in [0.4, 0.5) is 13.6 Å². The third kappa shape index (κ3) is 2.80. The molecule has 1 N–H and O–H groups in total. The van der Waals surface area contributed by atoms with Gasteiger partial charge in [-0.15, -0.1) is 0 Å². The minimum absolute atomic E-state index is 0.309. The second-order valence-corrected chi connectivity index (χ2v) is 3.74. The van der Waals surface area contributed by atoms with Crippen molar-refractivity contribution in [1.29, 1.82) is 0 Å². The molecular weight excluding hydrogens is 222 g/mol. The highest BCUT2D eigenvalue weighted by Crippen LogP contribution is 2.19. The van der Waals surface area contributed by atoms with Gasteiger partial charge in [-0.05, 0) is 12.8 Å². The van der Waals surface area contributed by atoms with Gasteiger partial charge in [0.1, 0.15) is 6.04 Å². The van der Waals surface area contributed by atoms with Gasteiger partial charge in [-0.25, -0.2) is 18.4 Å². The average molecular weight is 236 g/mol. The molecule has 1 atom stereocenters. The van der Waals surface area contributed by atoms with Gasteiger partial charge < -0.3 is 14.9 Å². The zero-order valence-electron chi connectivity index (χ0n) is 8.90. The summed E-state index contributed by atoms with van der Waals surface area (Å²) in [6.07, 6.45) is -1.64. The smallest absolute Gasteiger partial charge is 0.326 e. The highest BCUT2D eigenvalue weighted by molar-refractivity contribution is 5.83. The summed E-state index contributed by atoms with van der Waals surface area (Å²) < 4.78 is 24.1. The van der Waals surface area contributed by atoms with E-state index in [1.165, 1.54) is 7.05 Å². The van der Waals surface area contributed by atoms with Crippen LogP contribution in [0.2, 0.25) is 0 Å². The topological polar surface area (TPSA) is 60.9 Å². The molecule has 92 valence electrons. The van der Waals surface area contributed by atoms with Gasteiger partial charge in [0.2, 0.25) is 0 Å². The van der Waals surface area contributed by atoms with Gasteiger partial charge in [0.15, 0.2) is 0 Å². The SMILES string of the molecule is CN(CC(F)F)C(=O)N1CCC[C@@H]1C(=O)O. The number of carboxylic acid groups (broad SMARTS) is 1. The molecule has 5 nitrogen and oxygen atoms in total. The van der Waals surface area contributed by atoms with Crippen LogP contribution in [0.25, 0.3) is 0 Å². The number of carbonyl (C=O) groups excluding carboxylic acids is 1. The zero-order chi connectivity index (χ0) is 12.3. The lowest BCUT2D eigenvalue weighted by molar-refractivity contribution is -0.141. The van der Waals surface area contributed by atoms with Gasteiger partial charge in [0.25, 0.3) is 6.43 Å².